The Balaban J connectivity index is 1.19. The monoisotopic (exact) mass is 981 g/mol. The largest absolute Gasteiger partial charge is 0.467 e. The van der Waals surface area contributed by atoms with Gasteiger partial charge in [0.2, 0.25) is 0 Å². The smallest absolute Gasteiger partial charge is 0.412 e. The lowest BCUT2D eigenvalue weighted by Crippen LogP contribution is -2.64. The van der Waals surface area contributed by atoms with Gasteiger partial charge in [-0.15, -0.1) is 0 Å². The van der Waals surface area contributed by atoms with E-state index < -0.39 is 73.3 Å². The number of nitrogens with zero attached hydrogens (tertiary/aromatic N) is 1. The summed E-state index contributed by atoms with van der Waals surface area (Å²) in [6.45, 7) is 14.1. The van der Waals surface area contributed by atoms with Crippen LogP contribution in [0.5, 0.6) is 0 Å². The number of ether oxygens (including phenoxy) is 11. The van der Waals surface area contributed by atoms with Crippen molar-refractivity contribution in [2.45, 2.75) is 136 Å². The van der Waals surface area contributed by atoms with Gasteiger partial charge in [0.1, 0.15) is 25.5 Å². The lowest BCUT2D eigenvalue weighted by Gasteiger charge is -2.50. The van der Waals surface area contributed by atoms with Crippen LogP contribution in [0.15, 0.2) is 121 Å². The van der Waals surface area contributed by atoms with Crippen molar-refractivity contribution in [3.8, 4) is 0 Å². The molecule has 4 aromatic carbocycles. The van der Waals surface area contributed by atoms with Gasteiger partial charge < -0.3 is 52.1 Å². The van der Waals surface area contributed by atoms with Gasteiger partial charge >= 0.3 is 18.0 Å². The van der Waals surface area contributed by atoms with Crippen molar-refractivity contribution in [2.24, 2.45) is 29.6 Å². The molecule has 15 atom stereocenters. The minimum Gasteiger partial charge on any atom is -0.467 e. The number of carbonyl (C=O) groups is 3. The van der Waals surface area contributed by atoms with Crippen LogP contribution >= 0.6 is 0 Å². The highest BCUT2D eigenvalue weighted by Crippen LogP contribution is 2.41. The average Bonchev–Trinajstić information content (AvgIpc) is 3.38. The zero-order chi connectivity index (χ0) is 50.4. The zero-order valence-corrected chi connectivity index (χ0v) is 42.1. The molecule has 384 valence electrons. The van der Waals surface area contributed by atoms with Crippen molar-refractivity contribution >= 4 is 18.0 Å². The molecule has 1 amide bonds. The maximum absolute atomic E-state index is 14.1. The highest BCUT2D eigenvalue weighted by atomic mass is 16.8. The average molecular weight is 982 g/mol. The molecular weight excluding hydrogens is 911 g/mol. The van der Waals surface area contributed by atoms with E-state index in [1.165, 1.54) is 18.9 Å². The molecule has 0 aromatic heterocycles. The van der Waals surface area contributed by atoms with Crippen LogP contribution in [0.3, 0.4) is 0 Å². The second-order valence-electron chi connectivity index (χ2n) is 19.1. The van der Waals surface area contributed by atoms with Crippen LogP contribution < -0.4 is 0 Å². The SMILES string of the molecule is COC(=O)C1O[C@H](OCN(Cc2ccccc2)C(=O)OCc2ccccc2)C(C)[C@@H](O[C@@H]2OC(COCc3ccccc3)[C@H](OCc3ccccc3)[C@H](C)C2C)[C@H]1O[C@@H]1O[C@@H](C)[C@H](C)C(C)C1OC(C)=O. The predicted molar refractivity (Wildman–Crippen MR) is 260 cm³/mol. The summed E-state index contributed by atoms with van der Waals surface area (Å²) in [6, 6.07) is 38.7. The highest BCUT2D eigenvalue weighted by molar-refractivity contribution is 5.75. The van der Waals surface area contributed by atoms with Crippen LogP contribution in [0.1, 0.15) is 70.7 Å². The third-order valence-electron chi connectivity index (χ3n) is 14.1. The Morgan fingerprint density at radius 2 is 1.08 bits per heavy atom. The second-order valence-corrected chi connectivity index (χ2v) is 19.1. The van der Waals surface area contributed by atoms with Crippen molar-refractivity contribution < 1.29 is 66.5 Å². The van der Waals surface area contributed by atoms with Crippen molar-refractivity contribution in [3.63, 3.8) is 0 Å². The molecule has 0 saturated carbocycles. The summed E-state index contributed by atoms with van der Waals surface area (Å²) in [4.78, 5) is 42.0. The fourth-order valence-electron chi connectivity index (χ4n) is 9.36. The number of benzene rings is 4. The second kappa shape index (κ2) is 25.9. The van der Waals surface area contributed by atoms with Gasteiger partial charge in [0.05, 0.1) is 51.8 Å². The molecule has 0 spiro atoms. The standard InChI is InChI=1S/C56H71NO14/c1-35-36(2)49(67-41(7)58)55(66-40(35)6)70-50-48(69-54-38(4)37(3)47(63-31-44-25-17-11-18-26-44)46(68-54)33-62-30-43-23-15-10-16-24-43)39(5)53(71-51(50)52(59)61-8)65-34-57(29-42-21-13-9-14-22-42)56(60)64-32-45-27-19-12-20-28-45/h9-28,35-40,46-51,53-55H,29-34H2,1-8H3/t35-,36?,37-,38?,39?,40+,46?,47-,48-,49?,50-,51?,53+,54+,55+/m1/s1. The van der Waals surface area contributed by atoms with E-state index in [9.17, 15) is 14.4 Å². The lowest BCUT2D eigenvalue weighted by atomic mass is 9.83. The maximum Gasteiger partial charge on any atom is 0.412 e. The molecule has 0 bridgehead atoms. The van der Waals surface area contributed by atoms with Gasteiger partial charge in [0.25, 0.3) is 0 Å². The van der Waals surface area contributed by atoms with E-state index in [1.54, 1.807) is 0 Å². The van der Waals surface area contributed by atoms with Gasteiger partial charge in [-0.05, 0) is 41.0 Å². The Bertz CT molecular complexity index is 2240. The topological polar surface area (TPSA) is 156 Å². The van der Waals surface area contributed by atoms with E-state index in [2.05, 4.69) is 6.92 Å². The first-order valence-electron chi connectivity index (χ1n) is 24.7. The number of rotatable bonds is 20. The number of carbonyl (C=O) groups excluding carboxylic acids is 3. The fraction of sp³-hybridized carbons (Fsp3) is 0.518. The molecule has 7 rings (SSSR count). The molecule has 0 radical (unpaired) electrons. The molecule has 0 N–H and O–H groups in total. The summed E-state index contributed by atoms with van der Waals surface area (Å²) >= 11 is 0. The third-order valence-corrected chi connectivity index (χ3v) is 14.1. The number of hydrogen-bond acceptors (Lipinski definition) is 14. The van der Waals surface area contributed by atoms with E-state index >= 15 is 0 Å². The van der Waals surface area contributed by atoms with Gasteiger partial charge in [-0.2, -0.15) is 0 Å². The van der Waals surface area contributed by atoms with Crippen LogP contribution in [-0.4, -0.2) is 105 Å². The van der Waals surface area contributed by atoms with Crippen LogP contribution in [0.25, 0.3) is 0 Å². The Kier molecular flexibility index (Phi) is 19.6. The minimum absolute atomic E-state index is 0.00347. The van der Waals surface area contributed by atoms with Crippen LogP contribution in [0.4, 0.5) is 4.79 Å². The Morgan fingerprint density at radius 1 is 0.535 bits per heavy atom. The molecule has 15 nitrogen and oxygen atoms in total. The molecule has 71 heavy (non-hydrogen) atoms. The van der Waals surface area contributed by atoms with E-state index in [-0.39, 0.29) is 62.4 Å². The summed E-state index contributed by atoms with van der Waals surface area (Å²) in [5.74, 6) is -2.56. The van der Waals surface area contributed by atoms with Gasteiger partial charge in [-0.25, -0.2) is 9.59 Å². The van der Waals surface area contributed by atoms with Gasteiger partial charge in [-0.1, -0.05) is 156 Å². The maximum atomic E-state index is 14.1. The van der Waals surface area contributed by atoms with E-state index in [1.807, 2.05) is 156 Å². The minimum atomic E-state index is -1.45. The van der Waals surface area contributed by atoms with E-state index in [4.69, 9.17) is 52.1 Å². The van der Waals surface area contributed by atoms with Crippen LogP contribution in [-0.2, 0) is 88.1 Å². The summed E-state index contributed by atoms with van der Waals surface area (Å²) in [6.07, 6.45) is -9.59. The normalized spacial score (nSPS) is 30.7. The van der Waals surface area contributed by atoms with Gasteiger partial charge in [0.15, 0.2) is 31.1 Å². The Labute approximate surface area is 418 Å². The highest BCUT2D eigenvalue weighted by Gasteiger charge is 2.55. The molecule has 15 heteroatoms. The molecule has 3 aliphatic heterocycles. The molecular formula is C56H71NO14. The van der Waals surface area contributed by atoms with Crippen molar-refractivity contribution in [1.82, 2.24) is 4.90 Å². The molecule has 0 aliphatic carbocycles. The van der Waals surface area contributed by atoms with Crippen LogP contribution in [0.2, 0.25) is 0 Å². The summed E-state index contributed by atoms with van der Waals surface area (Å²) in [5.41, 5.74) is 3.69. The van der Waals surface area contributed by atoms with Crippen LogP contribution in [0, 0.1) is 29.6 Å². The first-order chi connectivity index (χ1) is 34.3. The third kappa shape index (κ3) is 14.3. The summed E-state index contributed by atoms with van der Waals surface area (Å²) < 4.78 is 70.6. The molecule has 3 heterocycles. The summed E-state index contributed by atoms with van der Waals surface area (Å²) in [7, 11) is 1.26. The number of amides is 1. The van der Waals surface area contributed by atoms with Crippen molar-refractivity contribution in [1.29, 1.82) is 0 Å². The van der Waals surface area contributed by atoms with Gasteiger partial charge in [-0.3, -0.25) is 9.69 Å². The number of methoxy groups -OCH3 is 1. The number of hydrogen-bond donors (Lipinski definition) is 0. The molecule has 4 aromatic rings. The molecule has 6 unspecified atom stereocenters. The van der Waals surface area contributed by atoms with E-state index in [0.29, 0.717) is 13.2 Å². The first-order valence-corrected chi connectivity index (χ1v) is 24.7. The van der Waals surface area contributed by atoms with Crippen molar-refractivity contribution in [3.05, 3.63) is 144 Å². The van der Waals surface area contributed by atoms with Gasteiger partial charge in [0, 0.05) is 24.7 Å². The zero-order valence-electron chi connectivity index (χ0n) is 42.1. The lowest BCUT2D eigenvalue weighted by molar-refractivity contribution is -0.368. The number of esters is 2. The Morgan fingerprint density at radius 3 is 1.68 bits per heavy atom. The molecule has 3 aliphatic rings. The Hall–Kier alpha value is -5.23. The molecule has 3 saturated heterocycles. The van der Waals surface area contributed by atoms with Crippen molar-refractivity contribution in [2.75, 3.05) is 20.4 Å². The quantitative estimate of drug-likeness (QED) is 0.0470. The predicted octanol–water partition coefficient (Wildman–Crippen LogP) is 8.85. The molecule has 3 fully saturated rings. The van der Waals surface area contributed by atoms with E-state index in [0.717, 1.165) is 22.3 Å². The fourth-order valence-corrected chi connectivity index (χ4v) is 9.36. The summed E-state index contributed by atoms with van der Waals surface area (Å²) in [5, 5.41) is 0. The first kappa shape index (κ1) is 53.6.